The number of rotatable bonds is 3. The number of nitrogens with one attached hydrogen (secondary N) is 1. The van der Waals surface area contributed by atoms with Crippen LogP contribution in [0.1, 0.15) is 25.8 Å². The Balaban J connectivity index is 2.19. The molecule has 1 N–H and O–H groups in total. The molecule has 0 spiro atoms. The highest BCUT2D eigenvalue weighted by atomic mass is 127. The molecule has 1 aromatic carbocycles. The molecule has 1 heterocycles. The van der Waals surface area contributed by atoms with Gasteiger partial charge in [-0.2, -0.15) is 0 Å². The maximum atomic E-state index is 6.04. The van der Waals surface area contributed by atoms with Crippen molar-refractivity contribution in [3.05, 3.63) is 31.8 Å². The lowest BCUT2D eigenvalue weighted by Gasteiger charge is -2.19. The molecule has 1 aromatic heterocycles. The van der Waals surface area contributed by atoms with E-state index in [1.807, 2.05) is 18.2 Å². The molecule has 2 rings (SSSR count). The van der Waals surface area contributed by atoms with Gasteiger partial charge in [0.1, 0.15) is 10.0 Å². The first-order valence-corrected chi connectivity index (χ1v) is 8.15. The second-order valence-electron chi connectivity index (χ2n) is 5.23. The highest BCUT2D eigenvalue weighted by molar-refractivity contribution is 14.1. The Bertz CT molecular complexity index is 578. The molecular weight excluding hydrogens is 393 g/mol. The standard InChI is InChI=1S/C13H15ClIN3S/c1-13(2,3)16-7-11-17-18-12(19-11)9-6-8(14)4-5-10(9)15/h4-6,16H,7H2,1-3H3. The quantitative estimate of drug-likeness (QED) is 0.769. The summed E-state index contributed by atoms with van der Waals surface area (Å²) in [6.07, 6.45) is 0. The van der Waals surface area contributed by atoms with Gasteiger partial charge in [0.05, 0.1) is 6.54 Å². The molecule has 3 nitrogen and oxygen atoms in total. The smallest absolute Gasteiger partial charge is 0.148 e. The van der Waals surface area contributed by atoms with Crippen LogP contribution in [0.3, 0.4) is 0 Å². The van der Waals surface area contributed by atoms with Gasteiger partial charge in [-0.3, -0.25) is 0 Å². The van der Waals surface area contributed by atoms with Gasteiger partial charge < -0.3 is 5.32 Å². The molecule has 0 fully saturated rings. The van der Waals surface area contributed by atoms with E-state index in [9.17, 15) is 0 Å². The lowest BCUT2D eigenvalue weighted by atomic mass is 10.1. The summed E-state index contributed by atoms with van der Waals surface area (Å²) in [5, 5.41) is 14.5. The molecule has 0 aliphatic rings. The SMILES string of the molecule is CC(C)(C)NCc1nnc(-c2cc(Cl)ccc2I)s1. The summed E-state index contributed by atoms with van der Waals surface area (Å²) in [6.45, 7) is 7.14. The summed E-state index contributed by atoms with van der Waals surface area (Å²) < 4.78 is 1.13. The molecular formula is C13H15ClIN3S. The van der Waals surface area contributed by atoms with Crippen LogP contribution in [0, 0.1) is 3.57 Å². The molecule has 0 aliphatic carbocycles. The Morgan fingerprint density at radius 1 is 1.32 bits per heavy atom. The maximum absolute atomic E-state index is 6.04. The first-order chi connectivity index (χ1) is 8.85. The predicted molar refractivity (Wildman–Crippen MR) is 89.7 cm³/mol. The van der Waals surface area contributed by atoms with Gasteiger partial charge in [0.15, 0.2) is 0 Å². The Labute approximate surface area is 135 Å². The molecule has 6 heteroatoms. The number of hydrogen-bond donors (Lipinski definition) is 1. The fourth-order valence-electron chi connectivity index (χ4n) is 1.44. The molecule has 0 unspecified atom stereocenters. The average Bonchev–Trinajstić information content (AvgIpc) is 2.77. The number of aromatic nitrogens is 2. The first kappa shape index (κ1) is 15.2. The second-order valence-corrected chi connectivity index (χ2v) is 7.89. The normalized spacial score (nSPS) is 11.8. The zero-order valence-electron chi connectivity index (χ0n) is 11.0. The van der Waals surface area contributed by atoms with Crippen LogP contribution in [0.15, 0.2) is 18.2 Å². The fourth-order valence-corrected chi connectivity index (χ4v) is 3.19. The molecule has 2 aromatic rings. The van der Waals surface area contributed by atoms with E-state index in [1.54, 1.807) is 11.3 Å². The van der Waals surface area contributed by atoms with Gasteiger partial charge in [-0.25, -0.2) is 0 Å². The molecule has 0 amide bonds. The minimum Gasteiger partial charge on any atom is -0.306 e. The summed E-state index contributed by atoms with van der Waals surface area (Å²) >= 11 is 9.93. The van der Waals surface area contributed by atoms with Crippen molar-refractivity contribution in [3.63, 3.8) is 0 Å². The molecule has 0 bridgehead atoms. The Morgan fingerprint density at radius 3 is 2.74 bits per heavy atom. The van der Waals surface area contributed by atoms with Gasteiger partial charge in [0.25, 0.3) is 0 Å². The third-order valence-electron chi connectivity index (χ3n) is 2.40. The largest absolute Gasteiger partial charge is 0.306 e. The van der Waals surface area contributed by atoms with Crippen LogP contribution in [-0.4, -0.2) is 15.7 Å². The van der Waals surface area contributed by atoms with Gasteiger partial charge >= 0.3 is 0 Å². The molecule has 19 heavy (non-hydrogen) atoms. The minimum atomic E-state index is 0.0797. The molecule has 0 saturated carbocycles. The van der Waals surface area contributed by atoms with E-state index in [1.165, 1.54) is 0 Å². The van der Waals surface area contributed by atoms with E-state index in [4.69, 9.17) is 11.6 Å². The molecule has 0 radical (unpaired) electrons. The van der Waals surface area contributed by atoms with E-state index in [0.29, 0.717) is 0 Å². The van der Waals surface area contributed by atoms with E-state index in [2.05, 4.69) is 58.9 Å². The lowest BCUT2D eigenvalue weighted by molar-refractivity contribution is 0.423. The molecule has 102 valence electrons. The van der Waals surface area contributed by atoms with Crippen molar-refractivity contribution in [3.8, 4) is 10.6 Å². The van der Waals surface area contributed by atoms with Crippen LogP contribution in [0.25, 0.3) is 10.6 Å². The Kier molecular flexibility index (Phi) is 4.81. The van der Waals surface area contributed by atoms with Crippen molar-refractivity contribution in [2.45, 2.75) is 32.9 Å². The molecule has 0 aliphatic heterocycles. The van der Waals surface area contributed by atoms with Crippen molar-refractivity contribution < 1.29 is 0 Å². The van der Waals surface area contributed by atoms with Crippen molar-refractivity contribution in [1.29, 1.82) is 0 Å². The summed E-state index contributed by atoms with van der Waals surface area (Å²) in [4.78, 5) is 0. The highest BCUT2D eigenvalue weighted by Gasteiger charge is 2.13. The van der Waals surface area contributed by atoms with Gasteiger partial charge in [-0.15, -0.1) is 10.2 Å². The number of benzene rings is 1. The third-order valence-corrected chi connectivity index (χ3v) is 4.53. The van der Waals surface area contributed by atoms with Crippen LogP contribution in [0.2, 0.25) is 5.02 Å². The Morgan fingerprint density at radius 2 is 2.05 bits per heavy atom. The number of hydrogen-bond acceptors (Lipinski definition) is 4. The average molecular weight is 408 g/mol. The van der Waals surface area contributed by atoms with Gasteiger partial charge in [0, 0.05) is 19.7 Å². The minimum absolute atomic E-state index is 0.0797. The predicted octanol–water partition coefficient (Wildman–Crippen LogP) is 4.35. The first-order valence-electron chi connectivity index (χ1n) is 5.88. The van der Waals surface area contributed by atoms with E-state index in [-0.39, 0.29) is 5.54 Å². The van der Waals surface area contributed by atoms with E-state index >= 15 is 0 Å². The summed E-state index contributed by atoms with van der Waals surface area (Å²) in [6, 6.07) is 5.81. The Hall–Kier alpha value is -0.240. The van der Waals surface area contributed by atoms with Crippen LogP contribution < -0.4 is 5.32 Å². The van der Waals surface area contributed by atoms with Crippen LogP contribution in [-0.2, 0) is 6.54 Å². The monoisotopic (exact) mass is 407 g/mol. The summed E-state index contributed by atoms with van der Waals surface area (Å²) in [5.74, 6) is 0. The zero-order valence-corrected chi connectivity index (χ0v) is 14.7. The van der Waals surface area contributed by atoms with Crippen molar-refractivity contribution >= 4 is 45.5 Å². The van der Waals surface area contributed by atoms with Gasteiger partial charge in [-0.1, -0.05) is 22.9 Å². The summed E-state index contributed by atoms with van der Waals surface area (Å²) in [7, 11) is 0. The maximum Gasteiger partial charge on any atom is 0.148 e. The fraction of sp³-hybridized carbons (Fsp3) is 0.385. The molecule has 0 atom stereocenters. The van der Waals surface area contributed by atoms with Gasteiger partial charge in [-0.05, 0) is 61.6 Å². The topological polar surface area (TPSA) is 37.8 Å². The van der Waals surface area contributed by atoms with Crippen molar-refractivity contribution in [2.24, 2.45) is 0 Å². The van der Waals surface area contributed by atoms with Crippen LogP contribution >= 0.6 is 45.5 Å². The zero-order chi connectivity index (χ0) is 14.0. The van der Waals surface area contributed by atoms with E-state index < -0.39 is 0 Å². The van der Waals surface area contributed by atoms with Crippen LogP contribution in [0.4, 0.5) is 0 Å². The second kappa shape index (κ2) is 6.03. The third kappa shape index (κ3) is 4.37. The van der Waals surface area contributed by atoms with Crippen LogP contribution in [0.5, 0.6) is 0 Å². The van der Waals surface area contributed by atoms with E-state index in [0.717, 1.165) is 30.7 Å². The van der Waals surface area contributed by atoms with Crippen molar-refractivity contribution in [2.75, 3.05) is 0 Å². The number of halogens is 2. The number of nitrogens with zero attached hydrogens (tertiary/aromatic N) is 2. The molecule has 0 saturated heterocycles. The lowest BCUT2D eigenvalue weighted by Crippen LogP contribution is -2.35. The summed E-state index contributed by atoms with van der Waals surface area (Å²) in [5.41, 5.74) is 1.13. The highest BCUT2D eigenvalue weighted by Crippen LogP contribution is 2.30. The van der Waals surface area contributed by atoms with Gasteiger partial charge in [0.2, 0.25) is 0 Å². The van der Waals surface area contributed by atoms with Crippen molar-refractivity contribution in [1.82, 2.24) is 15.5 Å².